The Morgan fingerprint density at radius 2 is 1.27 bits per heavy atom. The smallest absolute Gasteiger partial charge is 0.116 e. The first-order chi connectivity index (χ1) is 12.8. The molecule has 0 saturated carbocycles. The average Bonchev–Trinajstić information content (AvgIpc) is 3.07. The summed E-state index contributed by atoms with van der Waals surface area (Å²) in [7, 11) is 0. The quantitative estimate of drug-likeness (QED) is 0.383. The Morgan fingerprint density at radius 3 is 1.96 bits per heavy atom. The molecule has 0 unspecified atom stereocenters. The van der Waals surface area contributed by atoms with Gasteiger partial charge in [-0.15, -0.1) is 0 Å². The molecular weight excluding hydrogens is 340 g/mol. The molecule has 128 valence electrons. The van der Waals surface area contributed by atoms with E-state index in [9.17, 15) is 0 Å². The summed E-state index contributed by atoms with van der Waals surface area (Å²) >= 11 is 5.99. The summed E-state index contributed by atoms with van der Waals surface area (Å²) < 4.78 is 6.27. The Hall–Kier alpha value is -2.77. The van der Waals surface area contributed by atoms with Gasteiger partial charge in [-0.05, 0) is 34.9 Å². The van der Waals surface area contributed by atoms with Crippen molar-refractivity contribution in [3.05, 3.63) is 119 Å². The molecule has 0 fully saturated rings. The molecule has 4 rings (SSSR count). The second-order valence-electron chi connectivity index (χ2n) is 6.38. The molecule has 0 aliphatic heterocycles. The van der Waals surface area contributed by atoms with Crippen molar-refractivity contribution in [2.24, 2.45) is 0 Å². The van der Waals surface area contributed by atoms with Gasteiger partial charge in [-0.1, -0.05) is 84.4 Å². The largest absolute Gasteiger partial charge is 0.465 e. The van der Waals surface area contributed by atoms with Crippen LogP contribution in [0, 0.1) is 0 Å². The summed E-state index contributed by atoms with van der Waals surface area (Å²) in [6.07, 6.45) is 1.54. The molecule has 4 aromatic rings. The fourth-order valence-corrected chi connectivity index (χ4v) is 3.28. The molecule has 0 spiro atoms. The molecule has 0 atom stereocenters. The molecule has 2 heteroatoms. The number of hydrogen-bond donors (Lipinski definition) is 0. The Balaban J connectivity index is 1.68. The van der Waals surface area contributed by atoms with E-state index in [2.05, 4.69) is 54.6 Å². The van der Waals surface area contributed by atoms with Gasteiger partial charge < -0.3 is 4.42 Å². The molecule has 0 aliphatic rings. The molecular formula is C24H19ClO. The van der Waals surface area contributed by atoms with Crippen LogP contribution in [0.4, 0.5) is 0 Å². The second-order valence-corrected chi connectivity index (χ2v) is 6.82. The molecule has 0 aliphatic carbocycles. The Morgan fingerprint density at radius 1 is 0.654 bits per heavy atom. The average molecular weight is 359 g/mol. The van der Waals surface area contributed by atoms with Gasteiger partial charge in [0.1, 0.15) is 11.5 Å². The highest BCUT2D eigenvalue weighted by Crippen LogP contribution is 2.30. The maximum absolute atomic E-state index is 6.27. The summed E-state index contributed by atoms with van der Waals surface area (Å²) in [6.45, 7) is 0. The molecule has 1 heterocycles. The van der Waals surface area contributed by atoms with Gasteiger partial charge in [-0.3, -0.25) is 0 Å². The van der Waals surface area contributed by atoms with Gasteiger partial charge in [-0.2, -0.15) is 0 Å². The monoisotopic (exact) mass is 358 g/mol. The fourth-order valence-electron chi connectivity index (χ4n) is 3.15. The lowest BCUT2D eigenvalue weighted by atomic mass is 10.0. The number of rotatable bonds is 5. The molecule has 1 nitrogen and oxygen atoms in total. The molecule has 1 aromatic heterocycles. The first kappa shape index (κ1) is 16.7. The van der Waals surface area contributed by atoms with E-state index in [1.807, 2.05) is 36.4 Å². The number of furan rings is 1. The van der Waals surface area contributed by atoms with Gasteiger partial charge >= 0.3 is 0 Å². The van der Waals surface area contributed by atoms with E-state index in [0.717, 1.165) is 29.4 Å². The Labute approximate surface area is 158 Å². The zero-order valence-electron chi connectivity index (χ0n) is 14.4. The highest BCUT2D eigenvalue weighted by Gasteiger charge is 2.14. The van der Waals surface area contributed by atoms with Crippen LogP contribution in [-0.4, -0.2) is 0 Å². The summed E-state index contributed by atoms with van der Waals surface area (Å²) in [6, 6.07) is 31.0. The molecule has 0 saturated heterocycles. The molecule has 3 aromatic carbocycles. The number of hydrogen-bond acceptors (Lipinski definition) is 1. The minimum absolute atomic E-state index is 0.753. The van der Waals surface area contributed by atoms with Crippen LogP contribution < -0.4 is 0 Å². The zero-order valence-corrected chi connectivity index (χ0v) is 15.1. The van der Waals surface area contributed by atoms with Crippen molar-refractivity contribution in [1.82, 2.24) is 0 Å². The Kier molecular flexibility index (Phi) is 4.90. The van der Waals surface area contributed by atoms with Crippen LogP contribution >= 0.6 is 11.6 Å². The van der Waals surface area contributed by atoms with Crippen LogP contribution in [0.25, 0.3) is 11.1 Å². The maximum atomic E-state index is 6.27. The first-order valence-electron chi connectivity index (χ1n) is 8.73. The van der Waals surface area contributed by atoms with E-state index in [0.29, 0.717) is 0 Å². The van der Waals surface area contributed by atoms with E-state index < -0.39 is 0 Å². The van der Waals surface area contributed by atoms with Crippen molar-refractivity contribution in [3.63, 3.8) is 0 Å². The molecule has 0 radical (unpaired) electrons. The van der Waals surface area contributed by atoms with Crippen molar-refractivity contribution >= 4 is 11.6 Å². The zero-order chi connectivity index (χ0) is 17.8. The lowest BCUT2D eigenvalue weighted by Crippen LogP contribution is -1.88. The SMILES string of the molecule is Clc1ccc(Cc2cc(-c3ccccc3)c(Cc3ccccc3)o2)cc1. The first-order valence-corrected chi connectivity index (χ1v) is 9.11. The second kappa shape index (κ2) is 7.63. The Bertz CT molecular complexity index is 970. The van der Waals surface area contributed by atoms with Crippen molar-refractivity contribution in [2.45, 2.75) is 12.8 Å². The van der Waals surface area contributed by atoms with Crippen LogP contribution in [0.2, 0.25) is 5.02 Å². The van der Waals surface area contributed by atoms with E-state index >= 15 is 0 Å². The predicted molar refractivity (Wildman–Crippen MR) is 108 cm³/mol. The van der Waals surface area contributed by atoms with E-state index in [-0.39, 0.29) is 0 Å². The van der Waals surface area contributed by atoms with Gasteiger partial charge in [0.05, 0.1) is 0 Å². The minimum atomic E-state index is 0.753. The van der Waals surface area contributed by atoms with Crippen molar-refractivity contribution < 1.29 is 4.42 Å². The topological polar surface area (TPSA) is 13.1 Å². The lowest BCUT2D eigenvalue weighted by Gasteiger charge is -2.03. The van der Waals surface area contributed by atoms with Gasteiger partial charge in [0.2, 0.25) is 0 Å². The predicted octanol–water partition coefficient (Wildman–Crippen LogP) is 6.78. The van der Waals surface area contributed by atoms with E-state index in [1.54, 1.807) is 0 Å². The van der Waals surface area contributed by atoms with E-state index in [1.165, 1.54) is 22.3 Å². The van der Waals surface area contributed by atoms with Gasteiger partial charge in [0.25, 0.3) is 0 Å². The van der Waals surface area contributed by atoms with Gasteiger partial charge in [-0.25, -0.2) is 0 Å². The third kappa shape index (κ3) is 3.89. The normalized spacial score (nSPS) is 10.8. The van der Waals surface area contributed by atoms with Crippen molar-refractivity contribution in [3.8, 4) is 11.1 Å². The molecule has 0 amide bonds. The minimum Gasteiger partial charge on any atom is -0.465 e. The third-order valence-corrected chi connectivity index (χ3v) is 4.70. The molecule has 0 bridgehead atoms. The number of halogens is 1. The standard InChI is InChI=1S/C24H19ClO/c25-21-13-11-19(12-14-21)15-22-17-23(20-9-5-2-6-10-20)24(26-22)16-18-7-3-1-4-8-18/h1-14,17H,15-16H2. The summed E-state index contributed by atoms with van der Waals surface area (Å²) in [4.78, 5) is 0. The van der Waals surface area contributed by atoms with Crippen LogP contribution in [0.3, 0.4) is 0 Å². The lowest BCUT2D eigenvalue weighted by molar-refractivity contribution is 0.483. The number of benzene rings is 3. The van der Waals surface area contributed by atoms with Crippen molar-refractivity contribution in [1.29, 1.82) is 0 Å². The summed E-state index contributed by atoms with van der Waals surface area (Å²) in [5.74, 6) is 1.98. The van der Waals surface area contributed by atoms with Crippen LogP contribution in [-0.2, 0) is 12.8 Å². The third-order valence-electron chi connectivity index (χ3n) is 4.44. The summed E-state index contributed by atoms with van der Waals surface area (Å²) in [5, 5.41) is 0.753. The fraction of sp³-hybridized carbons (Fsp3) is 0.0833. The molecule has 0 N–H and O–H groups in total. The van der Waals surface area contributed by atoms with Gasteiger partial charge in [0.15, 0.2) is 0 Å². The van der Waals surface area contributed by atoms with Crippen LogP contribution in [0.1, 0.15) is 22.6 Å². The van der Waals surface area contributed by atoms with Gasteiger partial charge in [0, 0.05) is 23.4 Å². The van der Waals surface area contributed by atoms with Crippen LogP contribution in [0.5, 0.6) is 0 Å². The highest BCUT2D eigenvalue weighted by molar-refractivity contribution is 6.30. The highest BCUT2D eigenvalue weighted by atomic mass is 35.5. The van der Waals surface area contributed by atoms with Crippen molar-refractivity contribution in [2.75, 3.05) is 0 Å². The maximum Gasteiger partial charge on any atom is 0.116 e. The van der Waals surface area contributed by atoms with Crippen LogP contribution in [0.15, 0.2) is 95.4 Å². The molecule has 26 heavy (non-hydrogen) atoms. The summed E-state index contributed by atoms with van der Waals surface area (Å²) in [5.41, 5.74) is 4.79. The van der Waals surface area contributed by atoms with E-state index in [4.69, 9.17) is 16.0 Å².